The van der Waals surface area contributed by atoms with Gasteiger partial charge in [0.2, 0.25) is 0 Å². The Kier molecular flexibility index (Phi) is 4.75. The predicted molar refractivity (Wildman–Crippen MR) is 81.8 cm³/mol. The maximum Gasteiger partial charge on any atom is 0.350 e. The normalized spacial score (nSPS) is 10.1. The molecule has 7 heteroatoms. The minimum absolute atomic E-state index is 0.304. The Bertz CT molecular complexity index is 642. The van der Waals surface area contributed by atoms with Crippen molar-refractivity contribution >= 4 is 50.5 Å². The molecule has 0 aliphatic heterocycles. The summed E-state index contributed by atoms with van der Waals surface area (Å²) in [4.78, 5) is 23.7. The summed E-state index contributed by atoms with van der Waals surface area (Å²) in [6, 6.07) is 8.77. The van der Waals surface area contributed by atoms with E-state index in [2.05, 4.69) is 21.2 Å². The molecule has 5 nitrogen and oxygen atoms in total. The lowest BCUT2D eigenvalue weighted by atomic mass is 10.3. The Balaban J connectivity index is 1.89. The largest absolute Gasteiger partial charge is 0.451 e. The average Bonchev–Trinajstić information content (AvgIpc) is 2.85. The number of thiophene rings is 1. The average molecular weight is 355 g/mol. The van der Waals surface area contributed by atoms with E-state index in [-0.39, 0.29) is 6.61 Å². The third kappa shape index (κ3) is 3.58. The van der Waals surface area contributed by atoms with Crippen molar-refractivity contribution in [2.75, 3.05) is 17.7 Å². The summed E-state index contributed by atoms with van der Waals surface area (Å²) >= 11 is 4.49. The first kappa shape index (κ1) is 14.5. The molecule has 0 aliphatic carbocycles. The molecule has 1 amide bonds. The smallest absolute Gasteiger partial charge is 0.350 e. The maximum atomic E-state index is 11.7. The van der Waals surface area contributed by atoms with Crippen LogP contribution in [0.25, 0.3) is 0 Å². The molecule has 1 heterocycles. The van der Waals surface area contributed by atoms with E-state index in [1.165, 1.54) is 11.3 Å². The summed E-state index contributed by atoms with van der Waals surface area (Å²) in [6.07, 6.45) is 0. The van der Waals surface area contributed by atoms with Gasteiger partial charge >= 0.3 is 5.97 Å². The molecular formula is C13H11BrN2O3S. The van der Waals surface area contributed by atoms with Gasteiger partial charge in [-0.05, 0) is 39.5 Å². The van der Waals surface area contributed by atoms with E-state index >= 15 is 0 Å². The highest BCUT2D eigenvalue weighted by Gasteiger charge is 2.14. The molecule has 0 unspecified atom stereocenters. The van der Waals surface area contributed by atoms with Crippen molar-refractivity contribution in [3.05, 3.63) is 45.1 Å². The molecule has 0 spiro atoms. The van der Waals surface area contributed by atoms with E-state index in [1.54, 1.807) is 29.6 Å². The monoisotopic (exact) mass is 354 g/mol. The lowest BCUT2D eigenvalue weighted by Gasteiger charge is -2.07. The van der Waals surface area contributed by atoms with Crippen LogP contribution in [0.2, 0.25) is 0 Å². The van der Waals surface area contributed by atoms with Crippen LogP contribution in [0.3, 0.4) is 0 Å². The van der Waals surface area contributed by atoms with Crippen LogP contribution in [0, 0.1) is 0 Å². The zero-order chi connectivity index (χ0) is 14.5. The number of halogens is 1. The number of hydrogen-bond donors (Lipinski definition) is 2. The van der Waals surface area contributed by atoms with Crippen molar-refractivity contribution in [2.24, 2.45) is 0 Å². The molecule has 0 saturated heterocycles. The van der Waals surface area contributed by atoms with Crippen molar-refractivity contribution in [1.29, 1.82) is 0 Å². The van der Waals surface area contributed by atoms with Crippen molar-refractivity contribution in [1.82, 2.24) is 0 Å². The summed E-state index contributed by atoms with van der Waals surface area (Å²) < 4.78 is 5.66. The number of nitrogens with one attached hydrogen (secondary N) is 1. The van der Waals surface area contributed by atoms with Crippen molar-refractivity contribution in [2.45, 2.75) is 0 Å². The molecule has 0 saturated carbocycles. The van der Waals surface area contributed by atoms with E-state index in [4.69, 9.17) is 10.5 Å². The van der Waals surface area contributed by atoms with Crippen molar-refractivity contribution in [3.63, 3.8) is 0 Å². The van der Waals surface area contributed by atoms with E-state index < -0.39 is 11.9 Å². The molecular weight excluding hydrogens is 344 g/mol. The quantitative estimate of drug-likeness (QED) is 0.827. The highest BCUT2D eigenvalue weighted by molar-refractivity contribution is 9.10. The van der Waals surface area contributed by atoms with Gasteiger partial charge in [0, 0.05) is 4.47 Å². The topological polar surface area (TPSA) is 81.4 Å². The second-order valence-corrected chi connectivity index (χ2v) is 5.58. The Morgan fingerprint density at radius 1 is 1.30 bits per heavy atom. The molecule has 0 fully saturated rings. The van der Waals surface area contributed by atoms with Crippen LogP contribution in [0.1, 0.15) is 9.67 Å². The van der Waals surface area contributed by atoms with Crippen LogP contribution in [0.15, 0.2) is 40.2 Å². The molecule has 0 atom stereocenters. The van der Waals surface area contributed by atoms with E-state index in [9.17, 15) is 9.59 Å². The van der Waals surface area contributed by atoms with Crippen LogP contribution in [0.5, 0.6) is 0 Å². The standard InChI is InChI=1S/C13H11BrN2O3S/c14-8-3-1-2-4-10(8)16-11(17)7-19-13(18)12-9(15)5-6-20-12/h1-6H,7,15H2,(H,16,17). The fourth-order valence-corrected chi connectivity index (χ4v) is 2.52. The summed E-state index contributed by atoms with van der Waals surface area (Å²) in [5, 5.41) is 4.32. The molecule has 20 heavy (non-hydrogen) atoms. The second kappa shape index (κ2) is 6.53. The molecule has 3 N–H and O–H groups in total. The Hall–Kier alpha value is -1.86. The molecule has 0 aliphatic rings. The molecule has 104 valence electrons. The molecule has 2 rings (SSSR count). The number of carbonyl (C=O) groups excluding carboxylic acids is 2. The molecule has 1 aromatic heterocycles. The van der Waals surface area contributed by atoms with Gasteiger partial charge in [0.15, 0.2) is 6.61 Å². The number of hydrogen-bond acceptors (Lipinski definition) is 5. The first-order chi connectivity index (χ1) is 9.58. The number of para-hydroxylation sites is 1. The maximum absolute atomic E-state index is 11.7. The number of benzene rings is 1. The van der Waals surface area contributed by atoms with Crippen LogP contribution in [0.4, 0.5) is 11.4 Å². The van der Waals surface area contributed by atoms with Crippen LogP contribution < -0.4 is 11.1 Å². The number of nitrogen functional groups attached to an aromatic ring is 1. The van der Waals surface area contributed by atoms with E-state index in [1.807, 2.05) is 6.07 Å². The minimum atomic E-state index is -0.597. The number of anilines is 2. The molecule has 0 radical (unpaired) electrons. The summed E-state index contributed by atoms with van der Waals surface area (Å²) in [7, 11) is 0. The predicted octanol–water partition coefficient (Wildman–Crippen LogP) is 2.89. The van der Waals surface area contributed by atoms with Gasteiger partial charge in [-0.1, -0.05) is 12.1 Å². The van der Waals surface area contributed by atoms with Crippen molar-refractivity contribution < 1.29 is 14.3 Å². The lowest BCUT2D eigenvalue weighted by molar-refractivity contribution is -0.119. The first-order valence-electron chi connectivity index (χ1n) is 5.62. The van der Waals surface area contributed by atoms with Crippen LogP contribution >= 0.6 is 27.3 Å². The first-order valence-corrected chi connectivity index (χ1v) is 7.29. The number of nitrogens with two attached hydrogens (primary N) is 1. The zero-order valence-corrected chi connectivity index (χ0v) is 12.7. The van der Waals surface area contributed by atoms with Gasteiger partial charge in [0.05, 0.1) is 11.4 Å². The summed E-state index contributed by atoms with van der Waals surface area (Å²) in [6.45, 7) is -0.364. The second-order valence-electron chi connectivity index (χ2n) is 3.81. The van der Waals surface area contributed by atoms with Gasteiger partial charge in [0.25, 0.3) is 5.91 Å². The molecule has 0 bridgehead atoms. The Morgan fingerprint density at radius 2 is 2.05 bits per heavy atom. The number of amides is 1. The van der Waals surface area contributed by atoms with Gasteiger partial charge in [0.1, 0.15) is 4.88 Å². The fourth-order valence-electron chi connectivity index (χ4n) is 1.43. The number of rotatable bonds is 4. The Labute approximate surface area is 127 Å². The SMILES string of the molecule is Nc1ccsc1C(=O)OCC(=O)Nc1ccccc1Br. The van der Waals surface area contributed by atoms with Gasteiger partial charge < -0.3 is 15.8 Å². The van der Waals surface area contributed by atoms with Gasteiger partial charge in [-0.3, -0.25) is 4.79 Å². The number of carbonyl (C=O) groups is 2. The summed E-state index contributed by atoms with van der Waals surface area (Å²) in [5.74, 6) is -1.01. The van der Waals surface area contributed by atoms with Crippen LogP contribution in [-0.4, -0.2) is 18.5 Å². The van der Waals surface area contributed by atoms with Crippen molar-refractivity contribution in [3.8, 4) is 0 Å². The van der Waals surface area contributed by atoms with Gasteiger partial charge in [-0.15, -0.1) is 11.3 Å². The molecule has 1 aromatic carbocycles. The number of esters is 1. The van der Waals surface area contributed by atoms with Crippen LogP contribution in [-0.2, 0) is 9.53 Å². The van der Waals surface area contributed by atoms with Gasteiger partial charge in [-0.25, -0.2) is 4.79 Å². The highest BCUT2D eigenvalue weighted by atomic mass is 79.9. The van der Waals surface area contributed by atoms with E-state index in [0.717, 1.165) is 4.47 Å². The lowest BCUT2D eigenvalue weighted by Crippen LogP contribution is -2.21. The molecule has 2 aromatic rings. The fraction of sp³-hybridized carbons (Fsp3) is 0.0769. The third-order valence-corrected chi connectivity index (χ3v) is 3.97. The zero-order valence-electron chi connectivity index (χ0n) is 10.3. The number of ether oxygens (including phenoxy) is 1. The Morgan fingerprint density at radius 3 is 2.70 bits per heavy atom. The highest BCUT2D eigenvalue weighted by Crippen LogP contribution is 2.21. The minimum Gasteiger partial charge on any atom is -0.451 e. The van der Waals surface area contributed by atoms with Gasteiger partial charge in [-0.2, -0.15) is 0 Å². The van der Waals surface area contributed by atoms with E-state index in [0.29, 0.717) is 16.3 Å². The third-order valence-electron chi connectivity index (χ3n) is 2.36. The summed E-state index contributed by atoms with van der Waals surface area (Å²) in [5.41, 5.74) is 6.56.